The van der Waals surface area contributed by atoms with Gasteiger partial charge in [0.1, 0.15) is 0 Å². The van der Waals surface area contributed by atoms with Gasteiger partial charge in [0.15, 0.2) is 0 Å². The zero-order chi connectivity index (χ0) is 13.3. The summed E-state index contributed by atoms with van der Waals surface area (Å²) in [7, 11) is 0. The average Bonchev–Trinajstić information content (AvgIpc) is 2.32. The summed E-state index contributed by atoms with van der Waals surface area (Å²) >= 11 is 10.2. The van der Waals surface area contributed by atoms with Crippen LogP contribution in [0.4, 0.5) is 0 Å². The van der Waals surface area contributed by atoms with Crippen LogP contribution < -0.4 is 0 Å². The smallest absolute Gasteiger partial charge is 0.0846 e. The largest absolute Gasteiger partial charge is 0.113 e. The lowest BCUT2D eigenvalue weighted by Crippen LogP contribution is -1.96. The summed E-state index contributed by atoms with van der Waals surface area (Å²) in [5, 5.41) is -0.112. The van der Waals surface area contributed by atoms with E-state index in [1.165, 1.54) is 16.7 Å². The maximum absolute atomic E-state index is 6.58. The van der Waals surface area contributed by atoms with E-state index in [-0.39, 0.29) is 5.38 Å². The number of hydrogen-bond acceptors (Lipinski definition) is 0. The van der Waals surface area contributed by atoms with Gasteiger partial charge in [-0.1, -0.05) is 46.3 Å². The van der Waals surface area contributed by atoms with Gasteiger partial charge < -0.3 is 0 Å². The number of rotatable bonds is 2. The van der Waals surface area contributed by atoms with Gasteiger partial charge in [0, 0.05) is 4.47 Å². The SMILES string of the molecule is Cc1ccc(C(Cl)c2ccc(C)c(C)c2)c(Br)c1. The molecular formula is C16H16BrCl. The van der Waals surface area contributed by atoms with Crippen molar-refractivity contribution in [2.45, 2.75) is 26.1 Å². The number of halogens is 2. The first-order valence-corrected chi connectivity index (χ1v) is 7.19. The highest BCUT2D eigenvalue weighted by Crippen LogP contribution is 2.34. The molecule has 0 N–H and O–H groups in total. The summed E-state index contributed by atoms with van der Waals surface area (Å²) in [5.74, 6) is 0. The molecular weight excluding hydrogens is 308 g/mol. The van der Waals surface area contributed by atoms with E-state index in [0.717, 1.165) is 15.6 Å². The quantitative estimate of drug-likeness (QED) is 0.622. The van der Waals surface area contributed by atoms with Crippen LogP contribution in [0.25, 0.3) is 0 Å². The van der Waals surface area contributed by atoms with Gasteiger partial charge in [-0.15, -0.1) is 11.6 Å². The van der Waals surface area contributed by atoms with E-state index in [4.69, 9.17) is 11.6 Å². The van der Waals surface area contributed by atoms with Gasteiger partial charge in [-0.05, 0) is 54.7 Å². The van der Waals surface area contributed by atoms with Crippen molar-refractivity contribution in [2.75, 3.05) is 0 Å². The lowest BCUT2D eigenvalue weighted by Gasteiger charge is -2.14. The zero-order valence-corrected chi connectivity index (χ0v) is 13.1. The average molecular weight is 324 g/mol. The number of hydrogen-bond donors (Lipinski definition) is 0. The molecule has 0 aliphatic heterocycles. The Labute approximate surface area is 122 Å². The Balaban J connectivity index is 2.41. The molecule has 0 aliphatic carbocycles. The van der Waals surface area contributed by atoms with Crippen LogP contribution in [0, 0.1) is 20.8 Å². The lowest BCUT2D eigenvalue weighted by atomic mass is 9.99. The van der Waals surface area contributed by atoms with Crippen molar-refractivity contribution in [3.05, 3.63) is 68.7 Å². The van der Waals surface area contributed by atoms with Gasteiger partial charge in [-0.2, -0.15) is 0 Å². The van der Waals surface area contributed by atoms with Crippen LogP contribution in [-0.2, 0) is 0 Å². The second-order valence-corrected chi connectivity index (χ2v) is 6.02. The lowest BCUT2D eigenvalue weighted by molar-refractivity contribution is 1.11. The standard InChI is InChI=1S/C16H16BrCl/c1-10-4-7-14(15(17)8-10)16(18)13-6-5-11(2)12(3)9-13/h4-9,16H,1-3H3. The molecule has 94 valence electrons. The normalized spacial score (nSPS) is 12.5. The second kappa shape index (κ2) is 5.46. The van der Waals surface area contributed by atoms with Crippen molar-refractivity contribution in [3.8, 4) is 0 Å². The first-order chi connectivity index (χ1) is 8.49. The molecule has 1 atom stereocenters. The Hall–Kier alpha value is -0.790. The van der Waals surface area contributed by atoms with Crippen molar-refractivity contribution in [1.29, 1.82) is 0 Å². The topological polar surface area (TPSA) is 0 Å². The molecule has 0 aliphatic rings. The highest BCUT2D eigenvalue weighted by Gasteiger charge is 2.14. The second-order valence-electron chi connectivity index (χ2n) is 4.73. The predicted molar refractivity (Wildman–Crippen MR) is 82.5 cm³/mol. The van der Waals surface area contributed by atoms with Crippen LogP contribution in [0.15, 0.2) is 40.9 Å². The van der Waals surface area contributed by atoms with E-state index in [1.54, 1.807) is 0 Å². The van der Waals surface area contributed by atoms with E-state index >= 15 is 0 Å². The summed E-state index contributed by atoms with van der Waals surface area (Å²) in [4.78, 5) is 0. The van der Waals surface area contributed by atoms with Gasteiger partial charge in [0.2, 0.25) is 0 Å². The fourth-order valence-corrected chi connectivity index (χ4v) is 3.12. The van der Waals surface area contributed by atoms with Crippen molar-refractivity contribution < 1.29 is 0 Å². The monoisotopic (exact) mass is 322 g/mol. The molecule has 0 spiro atoms. The molecule has 2 heteroatoms. The summed E-state index contributed by atoms with van der Waals surface area (Å²) < 4.78 is 1.07. The molecule has 2 aromatic carbocycles. The third kappa shape index (κ3) is 2.78. The van der Waals surface area contributed by atoms with Crippen LogP contribution in [0.2, 0.25) is 0 Å². The maximum atomic E-state index is 6.58. The predicted octanol–water partition coefficient (Wildman–Crippen LogP) is 5.70. The van der Waals surface area contributed by atoms with Crippen molar-refractivity contribution >= 4 is 27.5 Å². The van der Waals surface area contributed by atoms with E-state index in [2.05, 4.69) is 73.1 Å². The molecule has 0 heterocycles. The fourth-order valence-electron chi connectivity index (χ4n) is 1.94. The molecule has 2 rings (SSSR count). The first kappa shape index (κ1) is 13.6. The molecule has 0 amide bonds. The number of benzene rings is 2. The molecule has 0 saturated heterocycles. The van der Waals surface area contributed by atoms with E-state index in [0.29, 0.717) is 0 Å². The van der Waals surface area contributed by atoms with Crippen LogP contribution in [-0.4, -0.2) is 0 Å². The molecule has 0 fully saturated rings. The number of aryl methyl sites for hydroxylation is 3. The highest BCUT2D eigenvalue weighted by molar-refractivity contribution is 9.10. The summed E-state index contributed by atoms with van der Waals surface area (Å²) in [6.45, 7) is 6.31. The summed E-state index contributed by atoms with van der Waals surface area (Å²) in [6.07, 6.45) is 0. The molecule has 18 heavy (non-hydrogen) atoms. The minimum absolute atomic E-state index is 0.112. The minimum Gasteiger partial charge on any atom is -0.113 e. The Morgan fingerprint density at radius 2 is 1.67 bits per heavy atom. The molecule has 1 unspecified atom stereocenters. The van der Waals surface area contributed by atoms with Gasteiger partial charge in [0.05, 0.1) is 5.38 Å². The Morgan fingerprint density at radius 1 is 0.944 bits per heavy atom. The first-order valence-electron chi connectivity index (χ1n) is 5.96. The van der Waals surface area contributed by atoms with Gasteiger partial charge >= 0.3 is 0 Å². The third-order valence-electron chi connectivity index (χ3n) is 3.25. The minimum atomic E-state index is -0.112. The fraction of sp³-hybridized carbons (Fsp3) is 0.250. The molecule has 0 bridgehead atoms. The molecule has 0 nitrogen and oxygen atoms in total. The zero-order valence-electron chi connectivity index (χ0n) is 10.8. The summed E-state index contributed by atoms with van der Waals surface area (Å²) in [6, 6.07) is 12.7. The Bertz CT molecular complexity index is 575. The highest BCUT2D eigenvalue weighted by atomic mass is 79.9. The van der Waals surface area contributed by atoms with Crippen LogP contribution >= 0.6 is 27.5 Å². The van der Waals surface area contributed by atoms with Crippen LogP contribution in [0.5, 0.6) is 0 Å². The van der Waals surface area contributed by atoms with Crippen LogP contribution in [0.3, 0.4) is 0 Å². The third-order valence-corrected chi connectivity index (χ3v) is 4.43. The van der Waals surface area contributed by atoms with Gasteiger partial charge in [0.25, 0.3) is 0 Å². The molecule has 0 saturated carbocycles. The molecule has 2 aromatic rings. The van der Waals surface area contributed by atoms with Crippen molar-refractivity contribution in [1.82, 2.24) is 0 Å². The van der Waals surface area contributed by atoms with E-state index in [1.807, 2.05) is 0 Å². The van der Waals surface area contributed by atoms with Gasteiger partial charge in [-0.25, -0.2) is 0 Å². The van der Waals surface area contributed by atoms with Crippen molar-refractivity contribution in [3.63, 3.8) is 0 Å². The van der Waals surface area contributed by atoms with Crippen molar-refractivity contribution in [2.24, 2.45) is 0 Å². The van der Waals surface area contributed by atoms with E-state index < -0.39 is 0 Å². The van der Waals surface area contributed by atoms with E-state index in [9.17, 15) is 0 Å². The maximum Gasteiger partial charge on any atom is 0.0846 e. The summed E-state index contributed by atoms with van der Waals surface area (Å²) in [5.41, 5.74) is 6.07. The Kier molecular flexibility index (Phi) is 4.14. The Morgan fingerprint density at radius 3 is 2.28 bits per heavy atom. The van der Waals surface area contributed by atoms with Gasteiger partial charge in [-0.3, -0.25) is 0 Å². The van der Waals surface area contributed by atoms with Crippen LogP contribution in [0.1, 0.15) is 33.2 Å². The molecule has 0 radical (unpaired) electrons. The molecule has 0 aromatic heterocycles. The number of alkyl halides is 1.